The molecule has 0 unspecified atom stereocenters. The standard InChI is InChI=1S/C25H30N10O4/c1-15-10-16(12-33(15)3)28-25(39)22-31-19(14-35(22)5)30-20(36)6-7-27-23(37)18-11-17(13-34(18)4)29-24(38)21-26-8-9-32(21)2/h8-14H,6-7H2,1-5H3,(H,27,37)(H,28,39)(H,29,38)(H,30,36). The highest BCUT2D eigenvalue weighted by molar-refractivity contribution is 6.03. The van der Waals surface area contributed by atoms with E-state index in [9.17, 15) is 19.2 Å². The molecule has 0 fully saturated rings. The summed E-state index contributed by atoms with van der Waals surface area (Å²) in [5.41, 5.74) is 2.38. The third-order valence-electron chi connectivity index (χ3n) is 6.02. The van der Waals surface area contributed by atoms with Crippen LogP contribution in [0, 0.1) is 6.92 Å². The highest BCUT2D eigenvalue weighted by Gasteiger charge is 2.18. The molecule has 4 rings (SSSR count). The van der Waals surface area contributed by atoms with Crippen molar-refractivity contribution >= 4 is 40.8 Å². The van der Waals surface area contributed by atoms with Crippen LogP contribution in [0.15, 0.2) is 43.1 Å². The monoisotopic (exact) mass is 534 g/mol. The maximum Gasteiger partial charge on any atom is 0.291 e. The molecule has 0 radical (unpaired) electrons. The van der Waals surface area contributed by atoms with Crippen LogP contribution in [0.2, 0.25) is 0 Å². The topological polar surface area (TPSA) is 162 Å². The normalized spacial score (nSPS) is 10.8. The third-order valence-corrected chi connectivity index (χ3v) is 6.02. The first kappa shape index (κ1) is 26.9. The van der Waals surface area contributed by atoms with Crippen molar-refractivity contribution in [2.75, 3.05) is 22.5 Å². The van der Waals surface area contributed by atoms with Crippen molar-refractivity contribution in [3.05, 3.63) is 66.2 Å². The first-order chi connectivity index (χ1) is 18.5. The summed E-state index contributed by atoms with van der Waals surface area (Å²) in [4.78, 5) is 58.2. The minimum atomic E-state index is -0.408. The van der Waals surface area contributed by atoms with Crippen molar-refractivity contribution in [2.24, 2.45) is 28.2 Å². The van der Waals surface area contributed by atoms with Gasteiger partial charge < -0.3 is 39.5 Å². The van der Waals surface area contributed by atoms with Gasteiger partial charge >= 0.3 is 0 Å². The minimum Gasteiger partial charge on any atom is -0.353 e. The molecule has 0 saturated carbocycles. The van der Waals surface area contributed by atoms with Gasteiger partial charge in [-0.25, -0.2) is 9.97 Å². The molecule has 4 heterocycles. The smallest absolute Gasteiger partial charge is 0.291 e. The van der Waals surface area contributed by atoms with Crippen LogP contribution in [0.4, 0.5) is 17.2 Å². The molecule has 4 aromatic heterocycles. The number of rotatable bonds is 9. The summed E-state index contributed by atoms with van der Waals surface area (Å²) in [6, 6.07) is 3.37. The summed E-state index contributed by atoms with van der Waals surface area (Å²) in [6.07, 6.45) is 8.10. The van der Waals surface area contributed by atoms with Crippen LogP contribution in [-0.4, -0.2) is 58.4 Å². The zero-order valence-electron chi connectivity index (χ0n) is 22.3. The van der Waals surface area contributed by atoms with Gasteiger partial charge in [-0.05, 0) is 19.1 Å². The molecule has 0 saturated heterocycles. The maximum atomic E-state index is 12.6. The van der Waals surface area contributed by atoms with E-state index < -0.39 is 17.7 Å². The van der Waals surface area contributed by atoms with E-state index in [0.717, 1.165) is 5.69 Å². The molecule has 14 nitrogen and oxygen atoms in total. The van der Waals surface area contributed by atoms with E-state index in [4.69, 9.17) is 0 Å². The second-order valence-electron chi connectivity index (χ2n) is 9.09. The number of nitrogens with one attached hydrogen (secondary N) is 4. The Morgan fingerprint density at radius 3 is 2.08 bits per heavy atom. The zero-order chi connectivity index (χ0) is 28.3. The van der Waals surface area contributed by atoms with Gasteiger partial charge in [0.15, 0.2) is 11.6 Å². The van der Waals surface area contributed by atoms with Gasteiger partial charge in [-0.1, -0.05) is 0 Å². The molecule has 0 aliphatic carbocycles. The second kappa shape index (κ2) is 11.1. The summed E-state index contributed by atoms with van der Waals surface area (Å²) in [7, 11) is 6.91. The summed E-state index contributed by atoms with van der Waals surface area (Å²) < 4.78 is 6.56. The fourth-order valence-electron chi connectivity index (χ4n) is 3.88. The minimum absolute atomic E-state index is 0.0136. The number of imidazole rings is 2. The van der Waals surface area contributed by atoms with E-state index in [1.54, 1.807) is 48.9 Å². The Morgan fingerprint density at radius 1 is 0.769 bits per heavy atom. The largest absolute Gasteiger partial charge is 0.353 e. The van der Waals surface area contributed by atoms with Gasteiger partial charge in [0.2, 0.25) is 11.7 Å². The lowest BCUT2D eigenvalue weighted by atomic mass is 10.3. The molecule has 14 heteroatoms. The van der Waals surface area contributed by atoms with Crippen LogP contribution < -0.4 is 21.3 Å². The maximum absolute atomic E-state index is 12.6. The molecule has 0 aliphatic heterocycles. The molecule has 204 valence electrons. The average Bonchev–Trinajstić information content (AvgIpc) is 3.62. The number of carbonyl (C=O) groups is 4. The Morgan fingerprint density at radius 2 is 1.44 bits per heavy atom. The highest BCUT2D eigenvalue weighted by Crippen LogP contribution is 2.15. The Kier molecular flexibility index (Phi) is 7.65. The van der Waals surface area contributed by atoms with Crippen LogP contribution in [0.5, 0.6) is 0 Å². The van der Waals surface area contributed by atoms with E-state index in [0.29, 0.717) is 17.1 Å². The van der Waals surface area contributed by atoms with Crippen molar-refractivity contribution in [1.29, 1.82) is 0 Å². The van der Waals surface area contributed by atoms with Crippen molar-refractivity contribution in [1.82, 2.24) is 33.6 Å². The fraction of sp³-hybridized carbons (Fsp3) is 0.280. The van der Waals surface area contributed by atoms with Gasteiger partial charge in [0, 0.05) is 77.8 Å². The van der Waals surface area contributed by atoms with Gasteiger partial charge in [-0.3, -0.25) is 19.2 Å². The quantitative estimate of drug-likeness (QED) is 0.254. The molecule has 0 spiro atoms. The van der Waals surface area contributed by atoms with Gasteiger partial charge in [0.25, 0.3) is 17.7 Å². The molecule has 0 bridgehead atoms. The molecule has 4 amide bonds. The summed E-state index contributed by atoms with van der Waals surface area (Å²) in [5.74, 6) is -1.00. The first-order valence-electron chi connectivity index (χ1n) is 12.0. The molecule has 0 aromatic carbocycles. The van der Waals surface area contributed by atoms with Crippen LogP contribution in [0.25, 0.3) is 0 Å². The lowest BCUT2D eigenvalue weighted by molar-refractivity contribution is -0.116. The molecular formula is C25H30N10O4. The molecule has 4 aromatic rings. The van der Waals surface area contributed by atoms with Crippen molar-refractivity contribution in [3.63, 3.8) is 0 Å². The first-order valence-corrected chi connectivity index (χ1v) is 12.0. The predicted octanol–water partition coefficient (Wildman–Crippen LogP) is 1.40. The number of anilines is 3. The second-order valence-corrected chi connectivity index (χ2v) is 9.09. The molecule has 0 aliphatic rings. The van der Waals surface area contributed by atoms with E-state index in [1.807, 2.05) is 24.6 Å². The number of aromatic nitrogens is 6. The van der Waals surface area contributed by atoms with Crippen molar-refractivity contribution < 1.29 is 19.2 Å². The Bertz CT molecular complexity index is 1530. The molecule has 39 heavy (non-hydrogen) atoms. The summed E-state index contributed by atoms with van der Waals surface area (Å²) >= 11 is 0. The third kappa shape index (κ3) is 6.23. The SMILES string of the molecule is Cc1cc(NC(=O)c2nc(NC(=O)CCNC(=O)c3cc(NC(=O)c4nccn4C)cn3C)cn2C)cn1C. The number of hydrogen-bond donors (Lipinski definition) is 4. The van der Waals surface area contributed by atoms with Gasteiger partial charge in [0.05, 0.1) is 11.4 Å². The van der Waals surface area contributed by atoms with E-state index in [2.05, 4.69) is 31.2 Å². The highest BCUT2D eigenvalue weighted by atomic mass is 16.2. The fourth-order valence-corrected chi connectivity index (χ4v) is 3.88. The molecule has 4 N–H and O–H groups in total. The van der Waals surface area contributed by atoms with Crippen LogP contribution in [0.1, 0.15) is 43.8 Å². The Hall–Kier alpha value is -5.14. The summed E-state index contributed by atoms with van der Waals surface area (Å²) in [5, 5.41) is 10.8. The zero-order valence-corrected chi connectivity index (χ0v) is 22.3. The van der Waals surface area contributed by atoms with Crippen molar-refractivity contribution in [3.8, 4) is 0 Å². The molecular weight excluding hydrogens is 504 g/mol. The molecule has 0 atom stereocenters. The van der Waals surface area contributed by atoms with Crippen molar-refractivity contribution in [2.45, 2.75) is 13.3 Å². The van der Waals surface area contributed by atoms with Crippen LogP contribution >= 0.6 is 0 Å². The van der Waals surface area contributed by atoms with Crippen LogP contribution in [-0.2, 0) is 33.0 Å². The van der Waals surface area contributed by atoms with E-state index >= 15 is 0 Å². The lowest BCUT2D eigenvalue weighted by Crippen LogP contribution is -2.29. The summed E-state index contributed by atoms with van der Waals surface area (Å²) in [6.45, 7) is 1.99. The lowest BCUT2D eigenvalue weighted by Gasteiger charge is -2.06. The Labute approximate surface area is 224 Å². The number of amides is 4. The van der Waals surface area contributed by atoms with Gasteiger partial charge in [-0.15, -0.1) is 0 Å². The van der Waals surface area contributed by atoms with Gasteiger partial charge in [-0.2, -0.15) is 0 Å². The van der Waals surface area contributed by atoms with Crippen LogP contribution in [0.3, 0.4) is 0 Å². The number of aryl methyl sites for hydroxylation is 5. The van der Waals surface area contributed by atoms with E-state index in [1.165, 1.54) is 23.0 Å². The van der Waals surface area contributed by atoms with E-state index in [-0.39, 0.29) is 36.3 Å². The Balaban J connectivity index is 1.26. The average molecular weight is 535 g/mol. The predicted molar refractivity (Wildman–Crippen MR) is 143 cm³/mol. The number of carbonyl (C=O) groups excluding carboxylic acids is 4. The van der Waals surface area contributed by atoms with Gasteiger partial charge in [0.1, 0.15) is 5.69 Å². The number of hydrogen-bond acceptors (Lipinski definition) is 6. The number of nitrogens with zero attached hydrogens (tertiary/aromatic N) is 6.